The minimum atomic E-state index is 0.332. The van der Waals surface area contributed by atoms with Crippen LogP contribution in [0.5, 0.6) is 0 Å². The van der Waals surface area contributed by atoms with Gasteiger partial charge in [-0.1, -0.05) is 106 Å². The highest BCUT2D eigenvalue weighted by molar-refractivity contribution is 5.28. The monoisotopic (exact) mass is 356 g/mol. The van der Waals surface area contributed by atoms with Gasteiger partial charge in [-0.25, -0.2) is 0 Å². The summed E-state index contributed by atoms with van der Waals surface area (Å²) in [7, 11) is 0. The number of allylic oxidation sites excluding steroid dienone is 2. The Labute approximate surface area is 164 Å². The smallest absolute Gasteiger partial charge is 0.00103 e. The molecule has 0 heteroatoms. The van der Waals surface area contributed by atoms with Crippen molar-refractivity contribution in [2.45, 2.75) is 88.0 Å². The molecule has 0 amide bonds. The molecule has 0 fully saturated rings. The van der Waals surface area contributed by atoms with Crippen molar-refractivity contribution in [1.29, 1.82) is 0 Å². The molecule has 0 N–H and O–H groups in total. The molecular formula is C26H44. The average Bonchev–Trinajstić information content (AvgIpc) is 2.50. The van der Waals surface area contributed by atoms with Crippen LogP contribution in [0.25, 0.3) is 0 Å². The van der Waals surface area contributed by atoms with Gasteiger partial charge in [0.1, 0.15) is 0 Å². The molecular weight excluding hydrogens is 312 g/mol. The molecule has 1 aromatic carbocycles. The van der Waals surface area contributed by atoms with Crippen LogP contribution >= 0.6 is 0 Å². The third-order valence-corrected chi connectivity index (χ3v) is 5.88. The van der Waals surface area contributed by atoms with Gasteiger partial charge in [0.15, 0.2) is 0 Å². The Bertz CT molecular complexity index is 545. The maximum atomic E-state index is 2.39. The molecule has 0 heterocycles. The molecule has 26 heavy (non-hydrogen) atoms. The van der Waals surface area contributed by atoms with E-state index in [-0.39, 0.29) is 0 Å². The normalized spacial score (nSPS) is 16.9. The topological polar surface area (TPSA) is 0 Å². The summed E-state index contributed by atoms with van der Waals surface area (Å²) in [6.45, 7) is 23.4. The van der Waals surface area contributed by atoms with E-state index in [2.05, 4.69) is 106 Å². The summed E-state index contributed by atoms with van der Waals surface area (Å²) in [5.74, 6) is 2.55. The van der Waals surface area contributed by atoms with Crippen LogP contribution in [0.15, 0.2) is 36.4 Å². The predicted molar refractivity (Wildman–Crippen MR) is 119 cm³/mol. The molecule has 148 valence electrons. The average molecular weight is 357 g/mol. The summed E-state index contributed by atoms with van der Waals surface area (Å²) in [5.41, 5.74) is 3.63. The lowest BCUT2D eigenvalue weighted by atomic mass is 9.77. The van der Waals surface area contributed by atoms with Crippen LogP contribution in [0.1, 0.15) is 92.7 Å². The molecule has 0 aromatic heterocycles. The molecule has 0 saturated carbocycles. The van der Waals surface area contributed by atoms with Gasteiger partial charge in [0.05, 0.1) is 0 Å². The second-order valence-corrected chi connectivity index (χ2v) is 11.0. The van der Waals surface area contributed by atoms with E-state index in [0.717, 1.165) is 11.8 Å². The maximum Gasteiger partial charge on any atom is -0.00103 e. The van der Waals surface area contributed by atoms with Gasteiger partial charge < -0.3 is 0 Å². The Morgan fingerprint density at radius 3 is 1.77 bits per heavy atom. The van der Waals surface area contributed by atoms with Gasteiger partial charge >= 0.3 is 0 Å². The lowest BCUT2D eigenvalue weighted by Crippen LogP contribution is -2.20. The molecule has 1 rings (SSSR count). The molecule has 0 spiro atoms. The van der Waals surface area contributed by atoms with E-state index >= 15 is 0 Å². The molecule has 0 nitrogen and oxygen atoms in total. The van der Waals surface area contributed by atoms with E-state index in [0.29, 0.717) is 22.7 Å². The largest absolute Gasteiger partial charge is 0.0846 e. The fourth-order valence-electron chi connectivity index (χ4n) is 3.32. The van der Waals surface area contributed by atoms with Gasteiger partial charge in [0, 0.05) is 0 Å². The Morgan fingerprint density at radius 1 is 0.808 bits per heavy atom. The van der Waals surface area contributed by atoms with Crippen molar-refractivity contribution < 1.29 is 0 Å². The molecule has 0 saturated heterocycles. The van der Waals surface area contributed by atoms with E-state index in [4.69, 9.17) is 0 Å². The van der Waals surface area contributed by atoms with Crippen LogP contribution in [0, 0.1) is 28.6 Å². The standard InChI is InChI=1S/C26H44/c1-19(2)24(18-25(5,6)7)17-22-13-15-23(16-14-22)20(3)11-12-21(4)26(8,9)10/h11-16,19-21,24H,17-18H2,1-10H3/b12-11+. The van der Waals surface area contributed by atoms with Crippen LogP contribution in [-0.4, -0.2) is 0 Å². The van der Waals surface area contributed by atoms with E-state index in [9.17, 15) is 0 Å². The molecule has 3 atom stereocenters. The summed E-state index contributed by atoms with van der Waals surface area (Å²) in [4.78, 5) is 0. The van der Waals surface area contributed by atoms with Crippen LogP contribution < -0.4 is 0 Å². The van der Waals surface area contributed by atoms with E-state index in [1.54, 1.807) is 0 Å². The molecule has 1 aromatic rings. The van der Waals surface area contributed by atoms with Crippen molar-refractivity contribution in [2.75, 3.05) is 0 Å². The van der Waals surface area contributed by atoms with Crippen molar-refractivity contribution in [2.24, 2.45) is 28.6 Å². The van der Waals surface area contributed by atoms with Crippen molar-refractivity contribution in [3.8, 4) is 0 Å². The third kappa shape index (κ3) is 8.11. The summed E-state index contributed by atoms with van der Waals surface area (Å²) in [6.07, 6.45) is 7.24. The molecule has 0 aliphatic heterocycles. The molecule has 0 aliphatic rings. The number of benzene rings is 1. The Kier molecular flexibility index (Phi) is 8.18. The summed E-state index contributed by atoms with van der Waals surface area (Å²) < 4.78 is 0. The van der Waals surface area contributed by atoms with E-state index in [1.807, 2.05) is 0 Å². The minimum absolute atomic E-state index is 0.332. The first kappa shape index (κ1) is 23.0. The van der Waals surface area contributed by atoms with Crippen LogP contribution in [0.3, 0.4) is 0 Å². The lowest BCUT2D eigenvalue weighted by molar-refractivity contribution is 0.241. The summed E-state index contributed by atoms with van der Waals surface area (Å²) in [5, 5.41) is 0. The highest BCUT2D eigenvalue weighted by Crippen LogP contribution is 2.32. The zero-order valence-corrected chi connectivity index (χ0v) is 19.2. The van der Waals surface area contributed by atoms with Gasteiger partial charge in [0.25, 0.3) is 0 Å². The maximum absolute atomic E-state index is 2.39. The predicted octanol–water partition coefficient (Wildman–Crippen LogP) is 8.28. The Morgan fingerprint density at radius 2 is 1.35 bits per heavy atom. The van der Waals surface area contributed by atoms with Gasteiger partial charge in [0.2, 0.25) is 0 Å². The summed E-state index contributed by atoms with van der Waals surface area (Å²) >= 11 is 0. The Hall–Kier alpha value is -1.04. The number of rotatable bonds is 7. The van der Waals surface area contributed by atoms with Crippen LogP contribution in [-0.2, 0) is 6.42 Å². The fraction of sp³-hybridized carbons (Fsp3) is 0.692. The first-order valence-electron chi connectivity index (χ1n) is 10.6. The second kappa shape index (κ2) is 9.25. The van der Waals surface area contributed by atoms with Gasteiger partial charge in [-0.3, -0.25) is 0 Å². The fourth-order valence-corrected chi connectivity index (χ4v) is 3.32. The zero-order chi connectivity index (χ0) is 20.1. The molecule has 0 bridgehead atoms. The summed E-state index contributed by atoms with van der Waals surface area (Å²) in [6, 6.07) is 9.37. The van der Waals surface area contributed by atoms with Crippen molar-refractivity contribution >= 4 is 0 Å². The van der Waals surface area contributed by atoms with Gasteiger partial charge in [-0.05, 0) is 58.5 Å². The molecule has 3 unspecified atom stereocenters. The van der Waals surface area contributed by atoms with Crippen molar-refractivity contribution in [1.82, 2.24) is 0 Å². The number of hydrogen-bond donors (Lipinski definition) is 0. The zero-order valence-electron chi connectivity index (χ0n) is 19.2. The number of hydrogen-bond acceptors (Lipinski definition) is 0. The van der Waals surface area contributed by atoms with Gasteiger partial charge in [-0.15, -0.1) is 0 Å². The van der Waals surface area contributed by atoms with E-state index in [1.165, 1.54) is 24.0 Å². The quantitative estimate of drug-likeness (QED) is 0.431. The van der Waals surface area contributed by atoms with Crippen molar-refractivity contribution in [3.05, 3.63) is 47.5 Å². The minimum Gasteiger partial charge on any atom is -0.0846 e. The van der Waals surface area contributed by atoms with E-state index < -0.39 is 0 Å². The molecule has 0 aliphatic carbocycles. The van der Waals surface area contributed by atoms with Crippen LogP contribution in [0.2, 0.25) is 0 Å². The second-order valence-electron chi connectivity index (χ2n) is 11.0. The highest BCUT2D eigenvalue weighted by Gasteiger charge is 2.22. The SMILES string of the molecule is CC(/C=C/C(C)C(C)(C)C)c1ccc(CC(CC(C)(C)C)C(C)C)cc1. The van der Waals surface area contributed by atoms with Gasteiger partial charge in [-0.2, -0.15) is 0 Å². The first-order chi connectivity index (χ1) is 11.8. The van der Waals surface area contributed by atoms with Crippen molar-refractivity contribution in [3.63, 3.8) is 0 Å². The first-order valence-corrected chi connectivity index (χ1v) is 10.6. The third-order valence-electron chi connectivity index (χ3n) is 5.88. The lowest BCUT2D eigenvalue weighted by Gasteiger charge is -2.29. The van der Waals surface area contributed by atoms with Crippen LogP contribution in [0.4, 0.5) is 0 Å². The highest BCUT2D eigenvalue weighted by atomic mass is 14.3. The molecule has 0 radical (unpaired) electrons. The Balaban J connectivity index is 2.77.